The standard InChI is InChI=1S/C21H23N5O2S/c1-14-12-22-21(29-14)25-19-11-17(23-15(2)24-19)18-13-26(8-9-28-18)20(27)10-16-6-4-3-5-7-16/h3-7,11-12,18H,8-10,13H2,1-2H3,(H,22,23,24,25)/t18-/m1/s1. The van der Waals surface area contributed by atoms with Gasteiger partial charge in [-0.25, -0.2) is 15.0 Å². The Kier molecular flexibility index (Phi) is 5.82. The number of thiazole rings is 1. The minimum Gasteiger partial charge on any atom is -0.368 e. The van der Waals surface area contributed by atoms with Gasteiger partial charge < -0.3 is 15.0 Å². The zero-order valence-corrected chi connectivity index (χ0v) is 17.3. The van der Waals surface area contributed by atoms with E-state index in [1.807, 2.05) is 61.3 Å². The first-order valence-electron chi connectivity index (χ1n) is 9.55. The number of hydrogen-bond donors (Lipinski definition) is 1. The monoisotopic (exact) mass is 409 g/mol. The van der Waals surface area contributed by atoms with Gasteiger partial charge in [0.15, 0.2) is 5.13 Å². The summed E-state index contributed by atoms with van der Waals surface area (Å²) < 4.78 is 5.93. The number of rotatable bonds is 5. The molecule has 2 aromatic heterocycles. The molecule has 1 aromatic carbocycles. The van der Waals surface area contributed by atoms with Crippen LogP contribution in [0.2, 0.25) is 0 Å². The molecule has 3 aromatic rings. The van der Waals surface area contributed by atoms with Gasteiger partial charge in [0.2, 0.25) is 5.91 Å². The summed E-state index contributed by atoms with van der Waals surface area (Å²) in [5, 5.41) is 4.02. The van der Waals surface area contributed by atoms with Crippen LogP contribution in [0.1, 0.15) is 28.1 Å². The van der Waals surface area contributed by atoms with Crippen molar-refractivity contribution in [2.45, 2.75) is 26.4 Å². The number of aromatic nitrogens is 3. The normalized spacial score (nSPS) is 16.6. The summed E-state index contributed by atoms with van der Waals surface area (Å²) >= 11 is 1.57. The number of benzene rings is 1. The molecule has 8 heteroatoms. The number of ether oxygens (including phenoxy) is 1. The van der Waals surface area contributed by atoms with E-state index in [9.17, 15) is 4.79 Å². The van der Waals surface area contributed by atoms with Crippen LogP contribution in [0.5, 0.6) is 0 Å². The van der Waals surface area contributed by atoms with Crippen molar-refractivity contribution in [3.8, 4) is 0 Å². The molecule has 1 atom stereocenters. The number of morpholine rings is 1. The summed E-state index contributed by atoms with van der Waals surface area (Å²) in [6.07, 6.45) is 1.94. The highest BCUT2D eigenvalue weighted by atomic mass is 32.1. The summed E-state index contributed by atoms with van der Waals surface area (Å²) in [6, 6.07) is 11.7. The van der Waals surface area contributed by atoms with Crippen LogP contribution in [-0.2, 0) is 16.0 Å². The Balaban J connectivity index is 1.46. The van der Waals surface area contributed by atoms with Gasteiger partial charge in [-0.3, -0.25) is 4.79 Å². The molecule has 1 saturated heterocycles. The summed E-state index contributed by atoms with van der Waals surface area (Å²) in [6.45, 7) is 5.43. The molecule has 1 fully saturated rings. The molecule has 0 spiro atoms. The predicted molar refractivity (Wildman–Crippen MR) is 112 cm³/mol. The van der Waals surface area contributed by atoms with Crippen LogP contribution in [-0.4, -0.2) is 45.5 Å². The molecule has 1 N–H and O–H groups in total. The molecule has 29 heavy (non-hydrogen) atoms. The van der Waals surface area contributed by atoms with Crippen molar-refractivity contribution < 1.29 is 9.53 Å². The molecule has 0 aliphatic carbocycles. The minimum absolute atomic E-state index is 0.104. The van der Waals surface area contributed by atoms with Crippen LogP contribution in [0.15, 0.2) is 42.6 Å². The van der Waals surface area contributed by atoms with Gasteiger partial charge in [0.1, 0.15) is 17.7 Å². The van der Waals surface area contributed by atoms with E-state index in [1.54, 1.807) is 11.3 Å². The Bertz CT molecular complexity index is 992. The molecular formula is C21H23N5O2S. The molecule has 1 aliphatic heterocycles. The van der Waals surface area contributed by atoms with Gasteiger partial charge in [-0.05, 0) is 19.4 Å². The maximum Gasteiger partial charge on any atom is 0.227 e. The number of carbonyl (C=O) groups is 1. The number of amides is 1. The fraction of sp³-hybridized carbons (Fsp3) is 0.333. The number of carbonyl (C=O) groups excluding carboxylic acids is 1. The molecule has 1 amide bonds. The van der Waals surface area contributed by atoms with E-state index in [0.717, 1.165) is 21.3 Å². The lowest BCUT2D eigenvalue weighted by Gasteiger charge is -2.33. The van der Waals surface area contributed by atoms with E-state index >= 15 is 0 Å². The lowest BCUT2D eigenvalue weighted by atomic mass is 10.1. The fourth-order valence-corrected chi connectivity index (χ4v) is 3.95. The highest BCUT2D eigenvalue weighted by Crippen LogP contribution is 2.26. The number of hydrogen-bond acceptors (Lipinski definition) is 7. The summed E-state index contributed by atoms with van der Waals surface area (Å²) in [4.78, 5) is 29.0. The van der Waals surface area contributed by atoms with Gasteiger partial charge in [0, 0.05) is 23.7 Å². The number of aryl methyl sites for hydroxylation is 2. The van der Waals surface area contributed by atoms with Crippen molar-refractivity contribution in [2.24, 2.45) is 0 Å². The fourth-order valence-electron chi connectivity index (χ4n) is 3.28. The Morgan fingerprint density at radius 2 is 2.10 bits per heavy atom. The third kappa shape index (κ3) is 4.96. The third-order valence-corrected chi connectivity index (χ3v) is 5.49. The predicted octanol–water partition coefficient (Wildman–Crippen LogP) is 3.44. The van der Waals surface area contributed by atoms with E-state index < -0.39 is 0 Å². The minimum atomic E-state index is -0.274. The van der Waals surface area contributed by atoms with Crippen molar-refractivity contribution in [3.63, 3.8) is 0 Å². The van der Waals surface area contributed by atoms with Crippen LogP contribution in [0, 0.1) is 13.8 Å². The lowest BCUT2D eigenvalue weighted by molar-refractivity contribution is -0.138. The lowest BCUT2D eigenvalue weighted by Crippen LogP contribution is -2.43. The van der Waals surface area contributed by atoms with Crippen LogP contribution in [0.25, 0.3) is 0 Å². The van der Waals surface area contributed by atoms with E-state index in [4.69, 9.17) is 4.74 Å². The first-order valence-corrected chi connectivity index (χ1v) is 10.4. The number of nitrogens with zero attached hydrogens (tertiary/aromatic N) is 4. The summed E-state index contributed by atoms with van der Waals surface area (Å²) in [5.74, 6) is 1.43. The smallest absolute Gasteiger partial charge is 0.227 e. The van der Waals surface area contributed by atoms with Crippen molar-refractivity contribution in [3.05, 3.63) is 64.6 Å². The zero-order valence-electron chi connectivity index (χ0n) is 16.5. The molecule has 0 unspecified atom stereocenters. The second-order valence-electron chi connectivity index (χ2n) is 6.99. The average Bonchev–Trinajstić information content (AvgIpc) is 3.13. The molecular weight excluding hydrogens is 386 g/mol. The van der Waals surface area contributed by atoms with Gasteiger partial charge in [-0.2, -0.15) is 0 Å². The molecule has 1 aliphatic rings. The molecule has 3 heterocycles. The van der Waals surface area contributed by atoms with E-state index in [2.05, 4.69) is 20.3 Å². The topological polar surface area (TPSA) is 80.2 Å². The van der Waals surface area contributed by atoms with Crippen LogP contribution >= 0.6 is 11.3 Å². The van der Waals surface area contributed by atoms with Gasteiger partial charge in [-0.15, -0.1) is 11.3 Å². The summed E-state index contributed by atoms with van der Waals surface area (Å²) in [7, 11) is 0. The highest BCUT2D eigenvalue weighted by Gasteiger charge is 2.27. The van der Waals surface area contributed by atoms with Gasteiger partial charge in [0.25, 0.3) is 0 Å². The number of nitrogens with one attached hydrogen (secondary N) is 1. The van der Waals surface area contributed by atoms with Gasteiger partial charge in [0.05, 0.1) is 25.3 Å². The second kappa shape index (κ2) is 8.67. The molecule has 4 rings (SSSR count). The molecule has 0 bridgehead atoms. The van der Waals surface area contributed by atoms with Gasteiger partial charge >= 0.3 is 0 Å². The third-order valence-electron chi connectivity index (χ3n) is 4.66. The van der Waals surface area contributed by atoms with Crippen molar-refractivity contribution in [2.75, 3.05) is 25.0 Å². The maximum atomic E-state index is 12.7. The SMILES string of the molecule is Cc1nc(Nc2ncc(C)s2)cc([C@H]2CN(C(=O)Cc3ccccc3)CCO2)n1. The largest absolute Gasteiger partial charge is 0.368 e. The maximum absolute atomic E-state index is 12.7. The molecule has 0 radical (unpaired) electrons. The molecule has 0 saturated carbocycles. The zero-order chi connectivity index (χ0) is 20.2. The van der Waals surface area contributed by atoms with E-state index in [0.29, 0.717) is 37.8 Å². The summed E-state index contributed by atoms with van der Waals surface area (Å²) in [5.41, 5.74) is 1.79. The second-order valence-corrected chi connectivity index (χ2v) is 8.22. The first kappa shape index (κ1) is 19.5. The van der Waals surface area contributed by atoms with Crippen LogP contribution in [0.3, 0.4) is 0 Å². The Hall–Kier alpha value is -2.84. The van der Waals surface area contributed by atoms with Crippen molar-refractivity contribution in [1.82, 2.24) is 19.9 Å². The Morgan fingerprint density at radius 1 is 1.28 bits per heavy atom. The van der Waals surface area contributed by atoms with Crippen molar-refractivity contribution >= 4 is 28.2 Å². The highest BCUT2D eigenvalue weighted by molar-refractivity contribution is 7.15. The van der Waals surface area contributed by atoms with E-state index in [-0.39, 0.29) is 12.0 Å². The molecule has 7 nitrogen and oxygen atoms in total. The first-order chi connectivity index (χ1) is 14.1. The number of anilines is 2. The average molecular weight is 410 g/mol. The van der Waals surface area contributed by atoms with Crippen molar-refractivity contribution in [1.29, 1.82) is 0 Å². The quantitative estimate of drug-likeness (QED) is 0.695. The molecule has 150 valence electrons. The Labute approximate surface area is 173 Å². The Morgan fingerprint density at radius 3 is 2.86 bits per heavy atom. The van der Waals surface area contributed by atoms with E-state index in [1.165, 1.54) is 0 Å². The van der Waals surface area contributed by atoms with Crippen LogP contribution in [0.4, 0.5) is 10.9 Å². The van der Waals surface area contributed by atoms with Crippen LogP contribution < -0.4 is 5.32 Å². The van der Waals surface area contributed by atoms with Gasteiger partial charge in [-0.1, -0.05) is 30.3 Å².